The monoisotopic (exact) mass is 518 g/mol. The van der Waals surface area contributed by atoms with Gasteiger partial charge in [-0.1, -0.05) is 53.3 Å². The van der Waals surface area contributed by atoms with Crippen molar-refractivity contribution in [2.45, 2.75) is 24.1 Å². The molecule has 1 saturated carbocycles. The zero-order valence-corrected chi connectivity index (χ0v) is 20.8. The summed E-state index contributed by atoms with van der Waals surface area (Å²) in [6.45, 7) is 1.90. The van der Waals surface area contributed by atoms with E-state index in [1.54, 1.807) is 22.8 Å². The summed E-state index contributed by atoms with van der Waals surface area (Å²) in [5.74, 6) is 0.793. The highest BCUT2D eigenvalue weighted by atomic mass is 35.5. The van der Waals surface area contributed by atoms with Crippen LogP contribution < -0.4 is 19.6 Å². The molecule has 0 saturated heterocycles. The van der Waals surface area contributed by atoms with E-state index in [1.165, 1.54) is 18.4 Å². The molecule has 2 aromatic heterocycles. The van der Waals surface area contributed by atoms with E-state index in [0.29, 0.717) is 31.6 Å². The van der Waals surface area contributed by atoms with Crippen molar-refractivity contribution in [3.63, 3.8) is 0 Å². The van der Waals surface area contributed by atoms with Crippen molar-refractivity contribution >= 4 is 35.0 Å². The Kier molecular flexibility index (Phi) is 4.34. The Morgan fingerprint density at radius 2 is 1.94 bits per heavy atom. The molecule has 3 aliphatic rings. The maximum atomic E-state index is 13.8. The number of hydrogen-bond donors (Lipinski definition) is 0. The second-order valence-electron chi connectivity index (χ2n) is 9.30. The summed E-state index contributed by atoms with van der Waals surface area (Å²) in [5, 5.41) is 0.585. The third-order valence-corrected chi connectivity index (χ3v) is 8.81. The second kappa shape index (κ2) is 7.21. The summed E-state index contributed by atoms with van der Waals surface area (Å²) in [6.07, 6.45) is 1.72. The normalized spacial score (nSPS) is 27.2. The first-order valence-electron chi connectivity index (χ1n) is 11.4. The smallest absolute Gasteiger partial charge is 0.315 e. The lowest BCUT2D eigenvalue weighted by molar-refractivity contribution is -0.144. The summed E-state index contributed by atoms with van der Waals surface area (Å²) >= 11 is 7.58. The Balaban J connectivity index is 1.40. The molecule has 0 unspecified atom stereocenters. The van der Waals surface area contributed by atoms with Crippen LogP contribution >= 0.6 is 22.9 Å². The quantitative estimate of drug-likeness (QED) is 0.387. The van der Waals surface area contributed by atoms with Crippen LogP contribution in [0.4, 0.5) is 0 Å². The first kappa shape index (κ1) is 21.6. The Bertz CT molecular complexity index is 1770. The molecule has 0 N–H and O–H groups in total. The molecule has 0 radical (unpaired) electrons. The van der Waals surface area contributed by atoms with E-state index in [9.17, 15) is 9.59 Å². The number of carbonyl (C=O) groups excluding carboxylic acids is 1. The van der Waals surface area contributed by atoms with Gasteiger partial charge in [-0.2, -0.15) is 0 Å². The van der Waals surface area contributed by atoms with Gasteiger partial charge < -0.3 is 13.9 Å². The molecule has 0 bridgehead atoms. The van der Waals surface area contributed by atoms with Crippen molar-refractivity contribution in [1.29, 1.82) is 0 Å². The Morgan fingerprint density at radius 1 is 1.17 bits per heavy atom. The zero-order valence-electron chi connectivity index (χ0n) is 19.2. The van der Waals surface area contributed by atoms with E-state index in [2.05, 4.69) is 0 Å². The van der Waals surface area contributed by atoms with Gasteiger partial charge >= 0.3 is 5.97 Å². The van der Waals surface area contributed by atoms with E-state index >= 15 is 0 Å². The number of rotatable bonds is 3. The van der Waals surface area contributed by atoms with Crippen LogP contribution in [0.25, 0.3) is 17.4 Å². The van der Waals surface area contributed by atoms with Gasteiger partial charge in [0.2, 0.25) is 0 Å². The minimum absolute atomic E-state index is 0.211. The maximum Gasteiger partial charge on any atom is 0.315 e. The molecule has 4 atom stereocenters. The molecule has 1 aliphatic carbocycles. The van der Waals surface area contributed by atoms with Gasteiger partial charge in [0.15, 0.2) is 10.4 Å². The highest BCUT2D eigenvalue weighted by Gasteiger charge is 2.88. The van der Waals surface area contributed by atoms with Crippen LogP contribution in [0, 0.1) is 5.92 Å². The van der Waals surface area contributed by atoms with Crippen LogP contribution in [0.5, 0.6) is 5.75 Å². The lowest BCUT2D eigenvalue weighted by Crippen LogP contribution is -2.47. The number of aromatic nitrogens is 1. The Hall–Kier alpha value is -3.62. The maximum absolute atomic E-state index is 13.8. The molecule has 180 valence electrons. The number of hydrogen-bond acceptors (Lipinski definition) is 7. The first-order chi connectivity index (χ1) is 17.4. The fourth-order valence-corrected chi connectivity index (χ4v) is 7.13. The van der Waals surface area contributed by atoms with Gasteiger partial charge in [0, 0.05) is 17.2 Å². The Labute approximate surface area is 213 Å². The van der Waals surface area contributed by atoms with Crippen LogP contribution in [0.1, 0.15) is 24.3 Å². The summed E-state index contributed by atoms with van der Waals surface area (Å²) < 4.78 is 19.7. The van der Waals surface area contributed by atoms with E-state index < -0.39 is 29.1 Å². The molecular weight excluding hydrogens is 500 g/mol. The van der Waals surface area contributed by atoms with Crippen LogP contribution in [0.2, 0.25) is 5.02 Å². The van der Waals surface area contributed by atoms with Crippen molar-refractivity contribution in [3.05, 3.63) is 96.7 Å². The number of methoxy groups -OCH3 is 1. The second-order valence-corrected chi connectivity index (χ2v) is 10.7. The number of para-hydroxylation sites is 1. The van der Waals surface area contributed by atoms with Gasteiger partial charge in [0.05, 0.1) is 16.7 Å². The van der Waals surface area contributed by atoms with Crippen LogP contribution in [0.15, 0.2) is 74.9 Å². The van der Waals surface area contributed by atoms with Gasteiger partial charge in [0.25, 0.3) is 5.56 Å². The van der Waals surface area contributed by atoms with E-state index in [0.717, 1.165) is 11.1 Å². The van der Waals surface area contributed by atoms with Gasteiger partial charge in [-0.05, 0) is 37.3 Å². The summed E-state index contributed by atoms with van der Waals surface area (Å²) in [4.78, 5) is 32.0. The van der Waals surface area contributed by atoms with E-state index in [4.69, 9.17) is 30.5 Å². The molecule has 1 fully saturated rings. The average molecular weight is 519 g/mol. The van der Waals surface area contributed by atoms with Crippen molar-refractivity contribution in [1.82, 2.24) is 4.57 Å². The van der Waals surface area contributed by atoms with E-state index in [1.807, 2.05) is 55.5 Å². The Morgan fingerprint density at radius 3 is 2.75 bits per heavy atom. The van der Waals surface area contributed by atoms with Crippen molar-refractivity contribution < 1.29 is 18.7 Å². The molecule has 4 aromatic rings. The summed E-state index contributed by atoms with van der Waals surface area (Å²) in [7, 11) is 1.36. The minimum Gasteiger partial charge on any atom is -0.481 e. The number of furan rings is 1. The third-order valence-electron chi connectivity index (χ3n) is 7.50. The molecule has 4 heterocycles. The summed E-state index contributed by atoms with van der Waals surface area (Å²) in [5.41, 5.74) is -0.422. The number of esters is 1. The largest absolute Gasteiger partial charge is 0.481 e. The highest BCUT2D eigenvalue weighted by molar-refractivity contribution is 7.07. The number of benzene rings is 2. The molecule has 1 spiro atoms. The number of halogens is 1. The standard InChI is InChI=1S/C27H19ClN2O5S/c1-26-21(24(32)33-2)27(26)22(16-8-4-6-10-19(16)35-27)30-23(31)20(36-25(30)29-26)13-14-11-12-18(34-14)15-7-3-5-9-17(15)28/h3-13,21-22H,1-2H3/b20-13-/t21-,22-,26+,27-/m1/s1. The molecule has 0 amide bonds. The third kappa shape index (κ3) is 2.60. The topological polar surface area (TPSA) is 83.0 Å². The summed E-state index contributed by atoms with van der Waals surface area (Å²) in [6, 6.07) is 18.1. The van der Waals surface area contributed by atoms with Crippen LogP contribution in [0.3, 0.4) is 0 Å². The average Bonchev–Trinajstić information content (AvgIpc) is 3.27. The molecule has 7 rings (SSSR count). The fraction of sp³-hybridized carbons (Fsp3) is 0.222. The van der Waals surface area contributed by atoms with Gasteiger partial charge in [-0.15, -0.1) is 0 Å². The number of thiazole rings is 1. The molecule has 9 heteroatoms. The SMILES string of the molecule is COC(=O)[C@H]1[C@@]23Oc4ccccc4[C@H]2n2c(s/c(=C\c4ccc(-c5ccccc5Cl)o4)c2=O)=N[C@@]13C. The number of carbonyl (C=O) groups is 1. The predicted octanol–water partition coefficient (Wildman–Crippen LogP) is 3.57. The van der Waals surface area contributed by atoms with Crippen molar-refractivity contribution in [3.8, 4) is 17.1 Å². The molecule has 36 heavy (non-hydrogen) atoms. The van der Waals surface area contributed by atoms with Gasteiger partial charge in [0.1, 0.15) is 34.8 Å². The molecular formula is C27H19ClN2O5S. The highest BCUT2D eigenvalue weighted by Crippen LogP contribution is 2.70. The van der Waals surface area contributed by atoms with Crippen LogP contribution in [-0.4, -0.2) is 28.8 Å². The minimum atomic E-state index is -0.999. The molecule has 2 aliphatic heterocycles. The van der Waals surface area contributed by atoms with E-state index in [-0.39, 0.29) is 5.56 Å². The lowest BCUT2D eigenvalue weighted by Gasteiger charge is -2.26. The predicted molar refractivity (Wildman–Crippen MR) is 134 cm³/mol. The fourth-order valence-electron chi connectivity index (χ4n) is 5.83. The van der Waals surface area contributed by atoms with Crippen LogP contribution in [-0.2, 0) is 9.53 Å². The number of fused-ring (bicyclic) bond motifs is 4. The van der Waals surface area contributed by atoms with Gasteiger partial charge in [-0.25, -0.2) is 4.99 Å². The zero-order chi connectivity index (χ0) is 24.8. The molecule has 7 nitrogen and oxygen atoms in total. The first-order valence-corrected chi connectivity index (χ1v) is 12.6. The van der Waals surface area contributed by atoms with Gasteiger partial charge in [-0.3, -0.25) is 14.2 Å². The lowest BCUT2D eigenvalue weighted by atomic mass is 9.97. The number of nitrogens with zero attached hydrogens (tertiary/aromatic N) is 2. The van der Waals surface area contributed by atoms with Crippen molar-refractivity contribution in [2.75, 3.05) is 7.11 Å². The van der Waals surface area contributed by atoms with Crippen molar-refractivity contribution in [2.24, 2.45) is 10.9 Å². The molecule has 2 aromatic carbocycles. The number of ether oxygens (including phenoxy) is 2.